The van der Waals surface area contributed by atoms with E-state index in [2.05, 4.69) is 55.9 Å². The van der Waals surface area contributed by atoms with Gasteiger partial charge in [-0.3, -0.25) is 14.4 Å². The Hall–Kier alpha value is -1.03. The Morgan fingerprint density at radius 3 is 1.40 bits per heavy atom. The molecule has 0 aliphatic carbocycles. The van der Waals surface area contributed by atoms with Gasteiger partial charge in [0.05, 0.1) is 39.3 Å². The zero-order valence-corrected chi connectivity index (χ0v) is 20.4. The van der Waals surface area contributed by atoms with Crippen molar-refractivity contribution in [2.45, 2.75) is 85.6 Å². The predicted octanol–water partition coefficient (Wildman–Crippen LogP) is 4.47. The van der Waals surface area contributed by atoms with E-state index in [0.29, 0.717) is 0 Å². The molecule has 0 unspecified atom stereocenters. The lowest BCUT2D eigenvalue weighted by molar-refractivity contribution is -0.538. The van der Waals surface area contributed by atoms with Crippen molar-refractivity contribution < 1.29 is 30.7 Å². The van der Waals surface area contributed by atoms with Crippen molar-refractivity contribution in [2.75, 3.05) is 39.3 Å². The molecule has 30 heavy (non-hydrogen) atoms. The molecule has 0 aromatic carbocycles. The van der Waals surface area contributed by atoms with Crippen LogP contribution in [0.5, 0.6) is 0 Å². The third-order valence-corrected chi connectivity index (χ3v) is 5.01. The van der Waals surface area contributed by atoms with Crippen molar-refractivity contribution in [3.05, 3.63) is 0 Å². The van der Waals surface area contributed by atoms with Crippen LogP contribution in [0.2, 0.25) is 0 Å². The molecule has 0 aromatic heterocycles. The van der Waals surface area contributed by atoms with Crippen LogP contribution in [-0.2, 0) is 10.1 Å². The fourth-order valence-corrected chi connectivity index (χ4v) is 2.97. The molecule has 6 nitrogen and oxygen atoms in total. The van der Waals surface area contributed by atoms with Crippen LogP contribution in [0.3, 0.4) is 0 Å². The standard InChI is InChI=1S/C19H42N3.CHF3O3S/c1-7-13-17-22(18-14-8-2)19(20(11-5)12-6)21(15-9-3)16-10-4;2-1(3,4)8(5,6)7/h7-18H2,1-6H3;(H,5,6,7)/q+1;/p-1. The molecule has 0 N–H and O–H groups in total. The maximum Gasteiger partial charge on any atom is 0.485 e. The molecule has 10 heteroatoms. The predicted molar refractivity (Wildman–Crippen MR) is 116 cm³/mol. The number of unbranched alkanes of at least 4 members (excludes halogenated alkanes) is 2. The van der Waals surface area contributed by atoms with Crippen LogP contribution in [0, 0.1) is 0 Å². The van der Waals surface area contributed by atoms with Crippen LogP contribution in [0.25, 0.3) is 0 Å². The van der Waals surface area contributed by atoms with Crippen molar-refractivity contribution >= 4 is 16.1 Å². The number of halogens is 3. The molecule has 0 heterocycles. The molecule has 0 fully saturated rings. The molecular weight excluding hydrogens is 419 g/mol. The maximum atomic E-state index is 10.7. The summed E-state index contributed by atoms with van der Waals surface area (Å²) in [5, 5.41) is 0. The van der Waals surface area contributed by atoms with Gasteiger partial charge in [0.2, 0.25) is 0 Å². The fourth-order valence-electron chi connectivity index (χ4n) is 2.97. The average molecular weight is 462 g/mol. The Balaban J connectivity index is 0. The van der Waals surface area contributed by atoms with E-state index in [1.165, 1.54) is 70.7 Å². The van der Waals surface area contributed by atoms with Crippen LogP contribution in [0.1, 0.15) is 80.1 Å². The second-order valence-electron chi connectivity index (χ2n) is 7.05. The van der Waals surface area contributed by atoms with Crippen molar-refractivity contribution in [3.8, 4) is 0 Å². The summed E-state index contributed by atoms with van der Waals surface area (Å²) in [7, 11) is -6.09. The Morgan fingerprint density at radius 1 is 0.800 bits per heavy atom. The third kappa shape index (κ3) is 12.6. The van der Waals surface area contributed by atoms with Crippen LogP contribution < -0.4 is 0 Å². The largest absolute Gasteiger partial charge is 0.741 e. The van der Waals surface area contributed by atoms with E-state index in [1.54, 1.807) is 0 Å². The van der Waals surface area contributed by atoms with Gasteiger partial charge < -0.3 is 4.55 Å². The van der Waals surface area contributed by atoms with Crippen LogP contribution in [0.15, 0.2) is 0 Å². The number of hydrogen-bond donors (Lipinski definition) is 0. The quantitative estimate of drug-likeness (QED) is 0.141. The normalized spacial score (nSPS) is 11.5. The van der Waals surface area contributed by atoms with Gasteiger partial charge in [0.15, 0.2) is 10.1 Å². The molecule has 182 valence electrons. The first kappa shape index (κ1) is 31.2. The monoisotopic (exact) mass is 461 g/mol. The highest BCUT2D eigenvalue weighted by Crippen LogP contribution is 2.20. The smallest absolute Gasteiger partial charge is 0.485 e. The summed E-state index contributed by atoms with van der Waals surface area (Å²) in [6, 6.07) is 0. The lowest BCUT2D eigenvalue weighted by Gasteiger charge is -2.30. The van der Waals surface area contributed by atoms with Gasteiger partial charge in [0.1, 0.15) is 0 Å². The van der Waals surface area contributed by atoms with E-state index in [-0.39, 0.29) is 0 Å². The van der Waals surface area contributed by atoms with Gasteiger partial charge in [-0.15, -0.1) is 0 Å². The Morgan fingerprint density at radius 2 is 1.17 bits per heavy atom. The Kier molecular flexibility index (Phi) is 17.3. The van der Waals surface area contributed by atoms with Crippen molar-refractivity contribution in [2.24, 2.45) is 0 Å². The number of alkyl halides is 3. The lowest BCUT2D eigenvalue weighted by Crippen LogP contribution is -2.51. The first-order valence-corrected chi connectivity index (χ1v) is 12.5. The van der Waals surface area contributed by atoms with Crippen molar-refractivity contribution in [3.63, 3.8) is 0 Å². The zero-order valence-electron chi connectivity index (χ0n) is 19.6. The molecule has 0 aliphatic heterocycles. The third-order valence-electron chi connectivity index (χ3n) is 4.45. The molecule has 0 atom stereocenters. The second-order valence-corrected chi connectivity index (χ2v) is 8.42. The van der Waals surface area contributed by atoms with E-state index in [9.17, 15) is 13.2 Å². The molecular formula is C20H42F3N3O3S. The molecule has 0 radical (unpaired) electrons. The summed E-state index contributed by atoms with van der Waals surface area (Å²) >= 11 is 0. The Bertz CT molecular complexity index is 547. The topological polar surface area (TPSA) is 66.7 Å². The molecule has 0 rings (SSSR count). The summed E-state index contributed by atoms with van der Waals surface area (Å²) in [6.45, 7) is 20.7. The van der Waals surface area contributed by atoms with Gasteiger partial charge in [-0.2, -0.15) is 13.2 Å². The van der Waals surface area contributed by atoms with Gasteiger partial charge in [-0.25, -0.2) is 8.42 Å². The van der Waals surface area contributed by atoms with E-state index in [4.69, 9.17) is 13.0 Å². The summed E-state index contributed by atoms with van der Waals surface area (Å²) in [4.78, 5) is 5.24. The molecule has 0 spiro atoms. The van der Waals surface area contributed by atoms with Crippen LogP contribution in [-0.4, -0.2) is 78.1 Å². The highest BCUT2D eigenvalue weighted by Gasteiger charge is 2.37. The summed E-state index contributed by atoms with van der Waals surface area (Å²) in [6.07, 6.45) is 7.58. The molecule has 0 amide bonds. The summed E-state index contributed by atoms with van der Waals surface area (Å²) in [5.74, 6) is 1.50. The highest BCUT2D eigenvalue weighted by molar-refractivity contribution is 7.86. The molecule has 0 aromatic rings. The number of nitrogens with zero attached hydrogens (tertiary/aromatic N) is 3. The average Bonchev–Trinajstić information content (AvgIpc) is 2.65. The van der Waals surface area contributed by atoms with Gasteiger partial charge >= 0.3 is 11.5 Å². The Labute approximate surface area is 181 Å². The van der Waals surface area contributed by atoms with E-state index in [1.807, 2.05) is 0 Å². The van der Waals surface area contributed by atoms with E-state index in [0.717, 1.165) is 13.1 Å². The number of hydrogen-bond acceptors (Lipinski definition) is 3. The minimum absolute atomic E-state index is 1.10. The van der Waals surface area contributed by atoms with Gasteiger partial charge in [-0.1, -0.05) is 40.5 Å². The van der Waals surface area contributed by atoms with Crippen molar-refractivity contribution in [1.82, 2.24) is 9.80 Å². The van der Waals surface area contributed by atoms with Gasteiger partial charge in [-0.05, 0) is 39.5 Å². The first-order valence-electron chi connectivity index (χ1n) is 11.1. The minimum atomic E-state index is -6.09. The van der Waals surface area contributed by atoms with Gasteiger partial charge in [0.25, 0.3) is 0 Å². The second kappa shape index (κ2) is 16.6. The zero-order chi connectivity index (χ0) is 23.8. The highest BCUT2D eigenvalue weighted by atomic mass is 32.2. The SMILES string of the molecule is CCCCN(CCCC)C(N(CC)CC)=[N+](CCC)CCC.O=S(=O)([O-])C(F)(F)F. The number of rotatable bonds is 12. The van der Waals surface area contributed by atoms with Crippen LogP contribution >= 0.6 is 0 Å². The first-order chi connectivity index (χ1) is 13.9. The maximum absolute atomic E-state index is 10.7. The van der Waals surface area contributed by atoms with Crippen LogP contribution in [0.4, 0.5) is 13.2 Å². The number of guanidine groups is 1. The minimum Gasteiger partial charge on any atom is -0.741 e. The molecule has 0 saturated heterocycles. The van der Waals surface area contributed by atoms with E-state index >= 15 is 0 Å². The molecule has 0 saturated carbocycles. The summed E-state index contributed by atoms with van der Waals surface area (Å²) in [5.41, 5.74) is -5.65. The summed E-state index contributed by atoms with van der Waals surface area (Å²) < 4.78 is 61.5. The lowest BCUT2D eigenvalue weighted by atomic mass is 10.2. The molecule has 0 aliphatic rings. The van der Waals surface area contributed by atoms with Gasteiger partial charge in [0, 0.05) is 0 Å². The molecule has 0 bridgehead atoms. The van der Waals surface area contributed by atoms with E-state index < -0.39 is 15.6 Å². The fraction of sp³-hybridized carbons (Fsp3) is 0.950. The van der Waals surface area contributed by atoms with Crippen molar-refractivity contribution in [1.29, 1.82) is 0 Å².